The number of hydrogen-bond donors (Lipinski definition) is 3. The number of nitrogens with one attached hydrogen (secondary N) is 2. The smallest absolute Gasteiger partial charge is 0.255 e. The Labute approximate surface area is 145 Å². The highest BCUT2D eigenvalue weighted by Crippen LogP contribution is 2.24. The van der Waals surface area contributed by atoms with Crippen LogP contribution in [0.15, 0.2) is 42.6 Å². The predicted molar refractivity (Wildman–Crippen MR) is 98.7 cm³/mol. The molecule has 1 amide bonds. The van der Waals surface area contributed by atoms with E-state index in [2.05, 4.69) is 15.3 Å². The molecule has 0 aliphatic carbocycles. The van der Waals surface area contributed by atoms with Gasteiger partial charge in [-0.1, -0.05) is 20.8 Å². The summed E-state index contributed by atoms with van der Waals surface area (Å²) in [5.74, 6) is -0.236. The number of pyridine rings is 1. The van der Waals surface area contributed by atoms with Gasteiger partial charge in [0.1, 0.15) is 5.65 Å². The fraction of sp³-hybridized carbons (Fsp3) is 0.211. The number of carbonyl (C=O) groups is 2. The van der Waals surface area contributed by atoms with Gasteiger partial charge >= 0.3 is 0 Å². The van der Waals surface area contributed by atoms with Crippen molar-refractivity contribution in [1.82, 2.24) is 9.97 Å². The summed E-state index contributed by atoms with van der Waals surface area (Å²) < 4.78 is 0. The summed E-state index contributed by atoms with van der Waals surface area (Å²) in [6, 6.07) is 10.2. The number of carbonyl (C=O) groups excluding carboxylic acids is 2. The minimum absolute atomic E-state index is 0.0120. The zero-order chi connectivity index (χ0) is 18.2. The first-order valence-corrected chi connectivity index (χ1v) is 7.94. The van der Waals surface area contributed by atoms with Gasteiger partial charge in [0.2, 0.25) is 0 Å². The predicted octanol–water partition coefficient (Wildman–Crippen LogP) is 3.63. The molecule has 6 nitrogen and oxygen atoms in total. The third kappa shape index (κ3) is 3.52. The second-order valence-corrected chi connectivity index (χ2v) is 7.00. The highest BCUT2D eigenvalue weighted by Gasteiger charge is 2.24. The summed E-state index contributed by atoms with van der Waals surface area (Å²) in [6.07, 6.45) is 1.55. The lowest BCUT2D eigenvalue weighted by Gasteiger charge is -2.14. The van der Waals surface area contributed by atoms with Crippen molar-refractivity contribution in [3.05, 3.63) is 53.9 Å². The van der Waals surface area contributed by atoms with Crippen molar-refractivity contribution in [1.29, 1.82) is 0 Å². The van der Waals surface area contributed by atoms with Crippen LogP contribution < -0.4 is 11.1 Å². The van der Waals surface area contributed by atoms with Crippen molar-refractivity contribution in [2.45, 2.75) is 20.8 Å². The Morgan fingerprint density at radius 3 is 2.44 bits per heavy atom. The molecule has 0 aliphatic rings. The number of ketones is 1. The zero-order valence-corrected chi connectivity index (χ0v) is 14.4. The van der Waals surface area contributed by atoms with Gasteiger partial charge < -0.3 is 16.0 Å². The molecule has 2 heterocycles. The van der Waals surface area contributed by atoms with Crippen LogP contribution in [0.1, 0.15) is 41.6 Å². The van der Waals surface area contributed by atoms with E-state index in [-0.39, 0.29) is 11.7 Å². The molecule has 0 saturated heterocycles. The standard InChI is InChI=1S/C19H20N4O2/c1-19(2,3)16(24)15-9-12-8-14(10-21-17(12)23-15)22-18(25)11-4-6-13(20)7-5-11/h4-10H,20H2,1-3H3,(H,21,23)(H,22,25). The Balaban J connectivity index is 1.85. The summed E-state index contributed by atoms with van der Waals surface area (Å²) in [5.41, 5.74) is 7.93. The molecule has 0 bridgehead atoms. The number of anilines is 2. The maximum Gasteiger partial charge on any atom is 0.255 e. The van der Waals surface area contributed by atoms with Gasteiger partial charge in [-0.25, -0.2) is 4.98 Å². The normalized spacial score (nSPS) is 11.5. The van der Waals surface area contributed by atoms with Gasteiger partial charge in [-0.15, -0.1) is 0 Å². The number of aromatic amines is 1. The minimum atomic E-state index is -0.479. The van der Waals surface area contributed by atoms with Crippen molar-refractivity contribution in [2.24, 2.45) is 5.41 Å². The van der Waals surface area contributed by atoms with Crippen LogP contribution in [-0.4, -0.2) is 21.7 Å². The maximum atomic E-state index is 12.4. The number of fused-ring (bicyclic) bond motifs is 1. The van der Waals surface area contributed by atoms with E-state index >= 15 is 0 Å². The molecular formula is C19H20N4O2. The number of nitrogens with zero attached hydrogens (tertiary/aromatic N) is 1. The molecular weight excluding hydrogens is 316 g/mol. The number of amides is 1. The number of aromatic nitrogens is 2. The minimum Gasteiger partial charge on any atom is -0.399 e. The van der Waals surface area contributed by atoms with Crippen LogP contribution in [0, 0.1) is 5.41 Å². The zero-order valence-electron chi connectivity index (χ0n) is 14.4. The fourth-order valence-corrected chi connectivity index (χ4v) is 2.45. The molecule has 0 atom stereocenters. The van der Waals surface area contributed by atoms with E-state index in [4.69, 9.17) is 5.73 Å². The first-order valence-electron chi connectivity index (χ1n) is 7.94. The monoisotopic (exact) mass is 336 g/mol. The number of benzene rings is 1. The first-order chi connectivity index (χ1) is 11.7. The molecule has 1 aromatic carbocycles. The number of hydrogen-bond acceptors (Lipinski definition) is 4. The first kappa shape index (κ1) is 16.7. The highest BCUT2D eigenvalue weighted by atomic mass is 16.1. The molecule has 0 radical (unpaired) electrons. The number of rotatable bonds is 3. The van der Waals surface area contributed by atoms with E-state index in [9.17, 15) is 9.59 Å². The molecule has 128 valence electrons. The molecule has 6 heteroatoms. The quantitative estimate of drug-likeness (QED) is 0.502. The third-order valence-electron chi connectivity index (χ3n) is 3.83. The Hall–Kier alpha value is -3.15. The van der Waals surface area contributed by atoms with E-state index in [1.165, 1.54) is 0 Å². The average molecular weight is 336 g/mol. The van der Waals surface area contributed by atoms with E-state index < -0.39 is 5.41 Å². The van der Waals surface area contributed by atoms with Gasteiger partial charge in [0.25, 0.3) is 5.91 Å². The van der Waals surface area contributed by atoms with Crippen LogP contribution in [-0.2, 0) is 0 Å². The molecule has 3 rings (SSSR count). The molecule has 0 saturated carbocycles. The van der Waals surface area contributed by atoms with E-state index in [0.717, 1.165) is 5.39 Å². The van der Waals surface area contributed by atoms with Gasteiger partial charge in [0.15, 0.2) is 5.78 Å². The largest absolute Gasteiger partial charge is 0.399 e. The van der Waals surface area contributed by atoms with E-state index in [1.807, 2.05) is 20.8 Å². The topological polar surface area (TPSA) is 101 Å². The summed E-state index contributed by atoms with van der Waals surface area (Å²) in [7, 11) is 0. The fourth-order valence-electron chi connectivity index (χ4n) is 2.45. The van der Waals surface area contributed by atoms with Gasteiger partial charge in [-0.05, 0) is 36.4 Å². The third-order valence-corrected chi connectivity index (χ3v) is 3.83. The van der Waals surface area contributed by atoms with E-state index in [0.29, 0.717) is 28.3 Å². The lowest BCUT2D eigenvalue weighted by molar-refractivity contribution is 0.0853. The SMILES string of the molecule is CC(C)(C)C(=O)c1cc2cc(NC(=O)c3ccc(N)cc3)cnc2[nH]1. The van der Waals surface area contributed by atoms with Crippen molar-refractivity contribution in [2.75, 3.05) is 11.1 Å². The van der Waals surface area contributed by atoms with Gasteiger partial charge in [-0.2, -0.15) is 0 Å². The van der Waals surface area contributed by atoms with Crippen LogP contribution in [0.2, 0.25) is 0 Å². The molecule has 4 N–H and O–H groups in total. The second kappa shape index (κ2) is 6.05. The summed E-state index contributed by atoms with van der Waals surface area (Å²) in [4.78, 5) is 32.0. The number of Topliss-reactive ketones (excluding diaryl/α,β-unsaturated/α-hetero) is 1. The molecule has 0 unspecified atom stereocenters. The van der Waals surface area contributed by atoms with Crippen molar-refractivity contribution in [3.63, 3.8) is 0 Å². The molecule has 3 aromatic rings. The van der Waals surface area contributed by atoms with Gasteiger partial charge in [0.05, 0.1) is 17.6 Å². The molecule has 0 spiro atoms. The Morgan fingerprint density at radius 2 is 1.80 bits per heavy atom. The molecule has 25 heavy (non-hydrogen) atoms. The summed E-state index contributed by atoms with van der Waals surface area (Å²) in [5, 5.41) is 3.56. The van der Waals surface area contributed by atoms with Crippen LogP contribution in [0.4, 0.5) is 11.4 Å². The number of nitrogens with two attached hydrogens (primary N) is 1. The Kier molecular flexibility index (Phi) is 4.04. The number of H-pyrrole nitrogens is 1. The molecule has 0 fully saturated rings. The highest BCUT2D eigenvalue weighted by molar-refractivity contribution is 6.06. The maximum absolute atomic E-state index is 12.4. The van der Waals surface area contributed by atoms with Crippen molar-refractivity contribution in [3.8, 4) is 0 Å². The Morgan fingerprint density at radius 1 is 1.12 bits per heavy atom. The van der Waals surface area contributed by atoms with Crippen LogP contribution >= 0.6 is 0 Å². The lowest BCUT2D eigenvalue weighted by atomic mass is 9.89. The van der Waals surface area contributed by atoms with Crippen LogP contribution in [0.25, 0.3) is 11.0 Å². The van der Waals surface area contributed by atoms with Crippen LogP contribution in [0.5, 0.6) is 0 Å². The van der Waals surface area contributed by atoms with Crippen molar-refractivity contribution < 1.29 is 9.59 Å². The number of nitrogen functional groups attached to an aromatic ring is 1. The summed E-state index contributed by atoms with van der Waals surface area (Å²) in [6.45, 7) is 5.60. The Bertz CT molecular complexity index is 950. The van der Waals surface area contributed by atoms with Gasteiger partial charge in [0, 0.05) is 22.1 Å². The van der Waals surface area contributed by atoms with Crippen molar-refractivity contribution >= 4 is 34.1 Å². The van der Waals surface area contributed by atoms with Crippen LogP contribution in [0.3, 0.4) is 0 Å². The second-order valence-electron chi connectivity index (χ2n) is 7.00. The lowest BCUT2D eigenvalue weighted by Crippen LogP contribution is -2.20. The molecule has 0 aliphatic heterocycles. The van der Waals surface area contributed by atoms with E-state index in [1.54, 1.807) is 42.6 Å². The average Bonchev–Trinajstić information content (AvgIpc) is 2.96. The molecule has 2 aromatic heterocycles. The van der Waals surface area contributed by atoms with Gasteiger partial charge in [-0.3, -0.25) is 9.59 Å². The summed E-state index contributed by atoms with van der Waals surface area (Å²) >= 11 is 0.